The molecule has 0 aliphatic heterocycles. The molecule has 0 radical (unpaired) electrons. The predicted molar refractivity (Wildman–Crippen MR) is 129 cm³/mol. The molecule has 1 aliphatic rings. The molecule has 0 saturated heterocycles. The molecule has 0 amide bonds. The summed E-state index contributed by atoms with van der Waals surface area (Å²) < 4.78 is 97.8. The third-order valence-electron chi connectivity index (χ3n) is 6.11. The lowest BCUT2D eigenvalue weighted by molar-refractivity contribution is -0.306. The number of allylic oxidation sites excluding steroid dienone is 4. The van der Waals surface area contributed by atoms with Crippen LogP contribution in [0.3, 0.4) is 0 Å². The molecular weight excluding hydrogens is 518 g/mol. The van der Waals surface area contributed by atoms with Gasteiger partial charge in [-0.25, -0.2) is 4.79 Å². The van der Waals surface area contributed by atoms with E-state index in [1.54, 1.807) is 6.08 Å². The minimum Gasteiger partial charge on any atom is -0.493 e. The minimum absolute atomic E-state index is 0.000120. The van der Waals surface area contributed by atoms with Crippen LogP contribution in [0.1, 0.15) is 51.0 Å². The zero-order valence-electron chi connectivity index (χ0n) is 21.1. The second-order valence-corrected chi connectivity index (χ2v) is 9.30. The molecule has 38 heavy (non-hydrogen) atoms. The Morgan fingerprint density at radius 2 is 1.84 bits per heavy atom. The topological polar surface area (TPSA) is 57.9 Å². The SMILES string of the molecule is CCCCCC1C=CC(c2cc3ccc(OCC(COC)CC(F)(F)F)cc3oc2=O)=C(OC(F)(F)F)C1. The van der Waals surface area contributed by atoms with Crippen molar-refractivity contribution in [3.05, 3.63) is 58.2 Å². The largest absolute Gasteiger partial charge is 0.572 e. The molecule has 0 fully saturated rings. The lowest BCUT2D eigenvalue weighted by Crippen LogP contribution is -2.24. The van der Waals surface area contributed by atoms with Crippen LogP contribution in [0.2, 0.25) is 0 Å². The zero-order valence-corrected chi connectivity index (χ0v) is 21.1. The number of unbranched alkanes of at least 4 members (excludes halogenated alkanes) is 2. The Hall–Kier alpha value is -2.95. The summed E-state index contributed by atoms with van der Waals surface area (Å²) in [6, 6.07) is 5.74. The van der Waals surface area contributed by atoms with Crippen LogP contribution in [0.4, 0.5) is 26.3 Å². The molecule has 2 unspecified atom stereocenters. The number of rotatable bonds is 12. The fraction of sp³-hybridized carbons (Fsp3) is 0.519. The molecule has 0 N–H and O–H groups in total. The van der Waals surface area contributed by atoms with Crippen LogP contribution in [0.25, 0.3) is 16.5 Å². The summed E-state index contributed by atoms with van der Waals surface area (Å²) in [6.45, 7) is 1.60. The molecule has 2 atom stereocenters. The quantitative estimate of drug-likeness (QED) is 0.154. The first-order valence-corrected chi connectivity index (χ1v) is 12.3. The average Bonchev–Trinajstić information content (AvgIpc) is 2.81. The van der Waals surface area contributed by atoms with E-state index >= 15 is 0 Å². The Morgan fingerprint density at radius 1 is 1.08 bits per heavy atom. The summed E-state index contributed by atoms with van der Waals surface area (Å²) in [6.07, 6.45) is -3.63. The van der Waals surface area contributed by atoms with Crippen molar-refractivity contribution in [1.29, 1.82) is 0 Å². The van der Waals surface area contributed by atoms with E-state index in [1.807, 2.05) is 6.92 Å². The molecule has 1 aromatic heterocycles. The van der Waals surface area contributed by atoms with E-state index in [9.17, 15) is 31.1 Å². The van der Waals surface area contributed by atoms with Gasteiger partial charge in [0, 0.05) is 36.5 Å². The lowest BCUT2D eigenvalue weighted by Gasteiger charge is -2.23. The van der Waals surface area contributed by atoms with Gasteiger partial charge < -0.3 is 18.6 Å². The zero-order chi connectivity index (χ0) is 27.9. The van der Waals surface area contributed by atoms with E-state index in [0.29, 0.717) is 11.8 Å². The van der Waals surface area contributed by atoms with Crippen molar-refractivity contribution in [2.45, 2.75) is 58.0 Å². The van der Waals surface area contributed by atoms with Gasteiger partial charge in [-0.2, -0.15) is 13.2 Å². The molecule has 1 heterocycles. The molecule has 11 heteroatoms. The summed E-state index contributed by atoms with van der Waals surface area (Å²) >= 11 is 0. The number of benzene rings is 1. The highest BCUT2D eigenvalue weighted by Gasteiger charge is 2.35. The van der Waals surface area contributed by atoms with Crippen LogP contribution in [0, 0.1) is 11.8 Å². The van der Waals surface area contributed by atoms with Crippen molar-refractivity contribution in [3.63, 3.8) is 0 Å². The fourth-order valence-electron chi connectivity index (χ4n) is 4.38. The second-order valence-electron chi connectivity index (χ2n) is 9.30. The third kappa shape index (κ3) is 8.82. The molecule has 5 nitrogen and oxygen atoms in total. The van der Waals surface area contributed by atoms with Gasteiger partial charge >= 0.3 is 18.2 Å². The molecule has 3 rings (SSSR count). The van der Waals surface area contributed by atoms with Gasteiger partial charge in [0.2, 0.25) is 0 Å². The Balaban J connectivity index is 1.85. The standard InChI is InChI=1S/C27H30F6O5/c1-3-4-5-6-17-7-10-21(24(11-17)38-27(31,32)33)22-12-19-8-9-20(13-23(19)37-25(22)34)36-16-18(15-35-2)14-26(28,29)30/h7-10,12-13,17-18H,3-6,11,14-16H2,1-2H3. The molecule has 0 bridgehead atoms. The van der Waals surface area contributed by atoms with E-state index in [0.717, 1.165) is 19.3 Å². The van der Waals surface area contributed by atoms with Crippen LogP contribution in [-0.4, -0.2) is 32.9 Å². The molecule has 0 saturated carbocycles. The Morgan fingerprint density at radius 3 is 2.50 bits per heavy atom. The maximum absolute atomic E-state index is 13.2. The van der Waals surface area contributed by atoms with Crippen molar-refractivity contribution in [1.82, 2.24) is 0 Å². The monoisotopic (exact) mass is 548 g/mol. The van der Waals surface area contributed by atoms with Crippen molar-refractivity contribution in [2.75, 3.05) is 20.3 Å². The highest BCUT2D eigenvalue weighted by Crippen LogP contribution is 2.37. The van der Waals surface area contributed by atoms with E-state index < -0.39 is 30.5 Å². The predicted octanol–water partition coefficient (Wildman–Crippen LogP) is 7.79. The van der Waals surface area contributed by atoms with Gasteiger partial charge in [0.15, 0.2) is 0 Å². The normalized spacial score (nSPS) is 17.2. The van der Waals surface area contributed by atoms with Gasteiger partial charge in [0.1, 0.15) is 17.1 Å². The first kappa shape index (κ1) is 29.6. The maximum Gasteiger partial charge on any atom is 0.572 e. The molecule has 2 aromatic rings. The first-order chi connectivity index (χ1) is 17.9. The van der Waals surface area contributed by atoms with Gasteiger partial charge in [0.25, 0.3) is 0 Å². The van der Waals surface area contributed by atoms with Gasteiger partial charge in [-0.3, -0.25) is 0 Å². The van der Waals surface area contributed by atoms with Gasteiger partial charge in [-0.15, -0.1) is 13.2 Å². The summed E-state index contributed by atoms with van der Waals surface area (Å²) in [5.74, 6) is -1.26. The minimum atomic E-state index is -4.92. The van der Waals surface area contributed by atoms with Crippen LogP contribution in [0.5, 0.6) is 5.75 Å². The lowest BCUT2D eigenvalue weighted by atomic mass is 9.88. The van der Waals surface area contributed by atoms with Gasteiger partial charge in [-0.05, 0) is 30.5 Å². The first-order valence-electron chi connectivity index (χ1n) is 12.3. The number of methoxy groups -OCH3 is 1. The summed E-state index contributed by atoms with van der Waals surface area (Å²) in [4.78, 5) is 12.8. The van der Waals surface area contributed by atoms with Gasteiger partial charge in [0.05, 0.1) is 25.2 Å². The van der Waals surface area contributed by atoms with E-state index in [2.05, 4.69) is 4.74 Å². The molecule has 0 spiro atoms. The molecular formula is C27H30F6O5. The van der Waals surface area contributed by atoms with Gasteiger partial charge in [-0.1, -0.05) is 38.3 Å². The summed E-state index contributed by atoms with van der Waals surface area (Å²) in [5.41, 5.74) is -0.888. The van der Waals surface area contributed by atoms with Crippen LogP contribution in [-0.2, 0) is 9.47 Å². The Labute approximate surface area is 216 Å². The average molecular weight is 549 g/mol. The molecule has 1 aromatic carbocycles. The number of fused-ring (bicyclic) bond motifs is 1. The second kappa shape index (κ2) is 12.7. The smallest absolute Gasteiger partial charge is 0.493 e. The fourth-order valence-corrected chi connectivity index (χ4v) is 4.38. The summed E-state index contributed by atoms with van der Waals surface area (Å²) in [7, 11) is 1.29. The Kier molecular flexibility index (Phi) is 9.92. The van der Waals surface area contributed by atoms with Crippen LogP contribution < -0.4 is 10.4 Å². The number of hydrogen-bond acceptors (Lipinski definition) is 5. The summed E-state index contributed by atoms with van der Waals surface area (Å²) in [5, 5.41) is 0.396. The van der Waals surface area contributed by atoms with Crippen molar-refractivity contribution >= 4 is 16.5 Å². The Bertz CT molecular complexity index is 1200. The van der Waals surface area contributed by atoms with Crippen LogP contribution in [0.15, 0.2) is 51.4 Å². The maximum atomic E-state index is 13.2. The van der Waals surface area contributed by atoms with E-state index in [-0.39, 0.29) is 53.8 Å². The van der Waals surface area contributed by atoms with Crippen molar-refractivity contribution in [2.24, 2.45) is 11.8 Å². The third-order valence-corrected chi connectivity index (χ3v) is 6.11. The van der Waals surface area contributed by atoms with Crippen LogP contribution >= 0.6 is 0 Å². The number of ether oxygens (including phenoxy) is 3. The van der Waals surface area contributed by atoms with Crippen molar-refractivity contribution < 1.29 is 45.0 Å². The van der Waals surface area contributed by atoms with E-state index in [4.69, 9.17) is 13.9 Å². The highest BCUT2D eigenvalue weighted by molar-refractivity contribution is 5.85. The molecule has 210 valence electrons. The number of alkyl halides is 6. The molecule has 1 aliphatic carbocycles. The highest BCUT2D eigenvalue weighted by atomic mass is 19.4. The number of halogens is 6. The van der Waals surface area contributed by atoms with E-state index in [1.165, 1.54) is 37.5 Å². The van der Waals surface area contributed by atoms with Crippen molar-refractivity contribution in [3.8, 4) is 5.75 Å². The number of hydrogen-bond donors (Lipinski definition) is 0.